The summed E-state index contributed by atoms with van der Waals surface area (Å²) in [4.78, 5) is 47.8. The molecule has 2 amide bonds. The van der Waals surface area contributed by atoms with Crippen molar-refractivity contribution in [3.8, 4) is 5.75 Å². The first-order valence-electron chi connectivity index (χ1n) is 13.4. The number of fused-ring (bicyclic) bond motifs is 1. The molecule has 0 bridgehead atoms. The van der Waals surface area contributed by atoms with Crippen LogP contribution in [0.1, 0.15) is 50.2 Å². The summed E-state index contributed by atoms with van der Waals surface area (Å²) < 4.78 is 5.65. The van der Waals surface area contributed by atoms with Crippen molar-refractivity contribution < 1.29 is 24.2 Å². The molecule has 1 saturated heterocycles. The third-order valence-electron chi connectivity index (χ3n) is 7.81. The average Bonchev–Trinajstić information content (AvgIpc) is 3.52. The average molecular weight is 523 g/mol. The lowest BCUT2D eigenvalue weighted by atomic mass is 9.83. The van der Waals surface area contributed by atoms with E-state index in [1.165, 1.54) is 6.92 Å². The SMILES string of the molecule is CCCCN(C(=O)CN1C[C@H](c2ccc3c(c2)CCO3)[C@@H](C(=O)O)[C@@H]1CCN(C)C(C)=O)c1cccnc1. The minimum absolute atomic E-state index is 0.0741. The number of benzene rings is 1. The number of likely N-dealkylation sites (tertiary alicyclic amines) is 1. The molecular weight excluding hydrogens is 484 g/mol. The van der Waals surface area contributed by atoms with Crippen LogP contribution in [0.2, 0.25) is 0 Å². The Kier molecular flexibility index (Phi) is 8.99. The molecule has 0 unspecified atom stereocenters. The van der Waals surface area contributed by atoms with Gasteiger partial charge in [-0.25, -0.2) is 0 Å². The third-order valence-corrected chi connectivity index (χ3v) is 7.81. The normalized spacial score (nSPS) is 20.6. The molecule has 9 nitrogen and oxygen atoms in total. The minimum Gasteiger partial charge on any atom is -0.493 e. The smallest absolute Gasteiger partial charge is 0.308 e. The van der Waals surface area contributed by atoms with E-state index in [4.69, 9.17) is 4.74 Å². The van der Waals surface area contributed by atoms with E-state index in [1.807, 2.05) is 29.2 Å². The molecule has 1 aromatic carbocycles. The second kappa shape index (κ2) is 12.4. The van der Waals surface area contributed by atoms with Crippen LogP contribution in [0.3, 0.4) is 0 Å². The van der Waals surface area contributed by atoms with E-state index in [2.05, 4.69) is 18.0 Å². The molecule has 2 aromatic rings. The lowest BCUT2D eigenvalue weighted by molar-refractivity contribution is -0.143. The van der Waals surface area contributed by atoms with Gasteiger partial charge in [0.25, 0.3) is 0 Å². The largest absolute Gasteiger partial charge is 0.493 e. The van der Waals surface area contributed by atoms with Crippen LogP contribution in [-0.2, 0) is 20.8 Å². The molecule has 0 saturated carbocycles. The highest BCUT2D eigenvalue weighted by atomic mass is 16.5. The molecular formula is C29H38N4O5. The highest BCUT2D eigenvalue weighted by molar-refractivity contribution is 5.94. The molecule has 2 aliphatic rings. The summed E-state index contributed by atoms with van der Waals surface area (Å²) in [6, 6.07) is 9.24. The lowest BCUT2D eigenvalue weighted by Gasteiger charge is -2.30. The zero-order valence-corrected chi connectivity index (χ0v) is 22.5. The number of anilines is 1. The van der Waals surface area contributed by atoms with Gasteiger partial charge in [0.2, 0.25) is 11.8 Å². The van der Waals surface area contributed by atoms with Crippen molar-refractivity contribution in [3.63, 3.8) is 0 Å². The van der Waals surface area contributed by atoms with Crippen molar-refractivity contribution in [2.45, 2.75) is 51.5 Å². The van der Waals surface area contributed by atoms with Crippen molar-refractivity contribution in [1.29, 1.82) is 0 Å². The molecule has 3 heterocycles. The van der Waals surface area contributed by atoms with Gasteiger partial charge in [0, 0.05) is 58.2 Å². The number of carbonyl (C=O) groups is 3. The summed E-state index contributed by atoms with van der Waals surface area (Å²) in [5.41, 5.74) is 2.79. The molecule has 38 heavy (non-hydrogen) atoms. The first-order chi connectivity index (χ1) is 18.3. The molecule has 1 fully saturated rings. The Balaban J connectivity index is 1.62. The Morgan fingerprint density at radius 1 is 1.21 bits per heavy atom. The summed E-state index contributed by atoms with van der Waals surface area (Å²) in [6.07, 6.45) is 6.43. The minimum atomic E-state index is -0.882. The van der Waals surface area contributed by atoms with Gasteiger partial charge in [-0.05, 0) is 42.2 Å². The van der Waals surface area contributed by atoms with Crippen LogP contribution in [0.4, 0.5) is 5.69 Å². The zero-order valence-electron chi connectivity index (χ0n) is 22.5. The van der Waals surface area contributed by atoms with E-state index in [9.17, 15) is 19.5 Å². The Hall–Kier alpha value is -3.46. The molecule has 2 aliphatic heterocycles. The standard InChI is InChI=1S/C29H38N4O5/c1-4-5-13-33(23-7-6-12-30-17-23)27(35)19-32-18-24(21-8-9-26-22(16-21)11-15-38-26)28(29(36)37)25(32)10-14-31(3)20(2)34/h6-9,12,16-17,24-25,28H,4-5,10-11,13-15,18-19H2,1-3H3,(H,36,37)/t24-,25+,28-/m1/s1. The predicted molar refractivity (Wildman–Crippen MR) is 144 cm³/mol. The summed E-state index contributed by atoms with van der Waals surface area (Å²) in [5.74, 6) is -1.16. The van der Waals surface area contributed by atoms with E-state index in [-0.39, 0.29) is 24.3 Å². The van der Waals surface area contributed by atoms with Gasteiger partial charge in [-0.2, -0.15) is 0 Å². The first kappa shape index (κ1) is 27.6. The Morgan fingerprint density at radius 2 is 2.03 bits per heavy atom. The van der Waals surface area contributed by atoms with Crippen LogP contribution >= 0.6 is 0 Å². The quantitative estimate of drug-likeness (QED) is 0.483. The molecule has 0 aliphatic carbocycles. The first-order valence-corrected chi connectivity index (χ1v) is 13.4. The topological polar surface area (TPSA) is 103 Å². The summed E-state index contributed by atoms with van der Waals surface area (Å²) in [7, 11) is 1.72. The zero-order chi connectivity index (χ0) is 27.2. The number of hydrogen-bond acceptors (Lipinski definition) is 6. The number of pyridine rings is 1. The number of carbonyl (C=O) groups excluding carboxylic acids is 2. The Labute approximate surface area is 224 Å². The number of aliphatic carboxylic acids is 1. The maximum absolute atomic E-state index is 13.7. The summed E-state index contributed by atoms with van der Waals surface area (Å²) in [6.45, 7) is 5.75. The highest BCUT2D eigenvalue weighted by Crippen LogP contribution is 2.41. The van der Waals surface area contributed by atoms with Crippen molar-refractivity contribution in [2.24, 2.45) is 5.92 Å². The summed E-state index contributed by atoms with van der Waals surface area (Å²) >= 11 is 0. The van der Waals surface area contributed by atoms with Crippen LogP contribution < -0.4 is 9.64 Å². The van der Waals surface area contributed by atoms with Crippen LogP contribution in [0.5, 0.6) is 5.75 Å². The van der Waals surface area contributed by atoms with E-state index in [1.54, 1.807) is 29.2 Å². The van der Waals surface area contributed by atoms with Crippen LogP contribution in [0.25, 0.3) is 0 Å². The van der Waals surface area contributed by atoms with Crippen molar-refractivity contribution in [3.05, 3.63) is 53.9 Å². The van der Waals surface area contributed by atoms with Crippen molar-refractivity contribution >= 4 is 23.5 Å². The van der Waals surface area contributed by atoms with Crippen LogP contribution in [0, 0.1) is 5.92 Å². The molecule has 9 heteroatoms. The number of aromatic nitrogens is 1. The molecule has 4 rings (SSSR count). The molecule has 1 N–H and O–H groups in total. The number of hydrogen-bond donors (Lipinski definition) is 1. The van der Waals surface area contributed by atoms with Gasteiger partial charge < -0.3 is 19.6 Å². The number of carboxylic acid groups (broad SMARTS) is 1. The van der Waals surface area contributed by atoms with Gasteiger partial charge in [0.05, 0.1) is 31.0 Å². The number of carboxylic acids is 1. The fourth-order valence-corrected chi connectivity index (χ4v) is 5.60. The van der Waals surface area contributed by atoms with E-state index < -0.39 is 17.9 Å². The molecule has 1 aromatic heterocycles. The molecule has 204 valence electrons. The van der Waals surface area contributed by atoms with Gasteiger partial charge >= 0.3 is 5.97 Å². The molecule has 0 spiro atoms. The fourth-order valence-electron chi connectivity index (χ4n) is 5.60. The number of unbranched alkanes of at least 4 members (excludes halogenated alkanes) is 1. The van der Waals surface area contributed by atoms with Crippen molar-refractivity contribution in [2.75, 3.05) is 44.7 Å². The van der Waals surface area contributed by atoms with Gasteiger partial charge in [-0.1, -0.05) is 25.5 Å². The lowest BCUT2D eigenvalue weighted by Crippen LogP contribution is -2.45. The Morgan fingerprint density at radius 3 is 2.71 bits per heavy atom. The summed E-state index contributed by atoms with van der Waals surface area (Å²) in [5, 5.41) is 10.4. The van der Waals surface area contributed by atoms with E-state index in [0.717, 1.165) is 41.8 Å². The van der Waals surface area contributed by atoms with Gasteiger partial charge in [0.15, 0.2) is 0 Å². The Bertz CT molecular complexity index is 1140. The van der Waals surface area contributed by atoms with Gasteiger partial charge in [0.1, 0.15) is 5.75 Å². The van der Waals surface area contributed by atoms with Gasteiger partial charge in [-0.15, -0.1) is 0 Å². The molecule has 0 radical (unpaired) electrons. The van der Waals surface area contributed by atoms with Crippen molar-refractivity contribution in [1.82, 2.24) is 14.8 Å². The van der Waals surface area contributed by atoms with E-state index in [0.29, 0.717) is 32.7 Å². The second-order valence-electron chi connectivity index (χ2n) is 10.3. The third kappa shape index (κ3) is 6.15. The monoisotopic (exact) mass is 522 g/mol. The maximum atomic E-state index is 13.7. The predicted octanol–water partition coefficient (Wildman–Crippen LogP) is 3.19. The van der Waals surface area contributed by atoms with E-state index >= 15 is 0 Å². The molecule has 3 atom stereocenters. The van der Waals surface area contributed by atoms with Crippen LogP contribution in [0.15, 0.2) is 42.7 Å². The highest BCUT2D eigenvalue weighted by Gasteiger charge is 2.47. The van der Waals surface area contributed by atoms with Gasteiger partial charge in [-0.3, -0.25) is 24.3 Å². The number of nitrogens with zero attached hydrogens (tertiary/aromatic N) is 4. The number of rotatable bonds is 11. The maximum Gasteiger partial charge on any atom is 0.308 e. The fraction of sp³-hybridized carbons (Fsp3) is 0.517. The number of ether oxygens (including phenoxy) is 1. The second-order valence-corrected chi connectivity index (χ2v) is 10.3. The van der Waals surface area contributed by atoms with Crippen LogP contribution in [-0.4, -0.2) is 83.5 Å². The number of amides is 2.